The maximum absolute atomic E-state index is 5.98. The zero-order chi connectivity index (χ0) is 10.4. The Morgan fingerprint density at radius 1 is 1.57 bits per heavy atom. The van der Waals surface area contributed by atoms with Crippen molar-refractivity contribution in [2.45, 2.75) is 31.9 Å². The fourth-order valence-electron chi connectivity index (χ4n) is 1.46. The van der Waals surface area contributed by atoms with Gasteiger partial charge in [0.25, 0.3) is 0 Å². The molecule has 1 aromatic rings. The molecule has 0 fully saturated rings. The molecular weight excluding hydrogens is 178 g/mol. The lowest BCUT2D eigenvalue weighted by Gasteiger charge is -2.20. The van der Waals surface area contributed by atoms with E-state index in [1.807, 2.05) is 12.1 Å². The minimum atomic E-state index is -0.0123. The van der Waals surface area contributed by atoms with Crippen LogP contribution in [0.25, 0.3) is 0 Å². The van der Waals surface area contributed by atoms with E-state index in [2.05, 4.69) is 17.1 Å². The lowest BCUT2D eigenvalue weighted by atomic mass is 10.0. The summed E-state index contributed by atoms with van der Waals surface area (Å²) in [6, 6.07) is 3.78. The van der Waals surface area contributed by atoms with Crippen molar-refractivity contribution >= 4 is 0 Å². The molecule has 2 N–H and O–H groups in total. The van der Waals surface area contributed by atoms with Gasteiger partial charge in [-0.3, -0.25) is 0 Å². The third-order valence-electron chi connectivity index (χ3n) is 2.26. The first-order chi connectivity index (χ1) is 6.77. The van der Waals surface area contributed by atoms with Gasteiger partial charge in [-0.05, 0) is 18.6 Å². The van der Waals surface area contributed by atoms with Gasteiger partial charge in [-0.1, -0.05) is 6.92 Å². The molecule has 4 heteroatoms. The molecule has 0 aromatic carbocycles. The normalized spacial score (nSPS) is 15.1. The van der Waals surface area contributed by atoms with Crippen molar-refractivity contribution in [1.82, 2.24) is 10.2 Å². The average Bonchev–Trinajstić information content (AvgIpc) is 2.21. The van der Waals surface area contributed by atoms with E-state index in [0.717, 1.165) is 12.1 Å². The molecule has 1 aromatic heterocycles. The summed E-state index contributed by atoms with van der Waals surface area (Å²) in [4.78, 5) is 0. The van der Waals surface area contributed by atoms with Crippen molar-refractivity contribution in [3.63, 3.8) is 0 Å². The molecule has 0 radical (unpaired) electrons. The van der Waals surface area contributed by atoms with E-state index in [1.165, 1.54) is 0 Å². The molecule has 2 atom stereocenters. The van der Waals surface area contributed by atoms with Crippen molar-refractivity contribution in [1.29, 1.82) is 0 Å². The van der Waals surface area contributed by atoms with E-state index in [9.17, 15) is 0 Å². The van der Waals surface area contributed by atoms with Crippen molar-refractivity contribution < 1.29 is 4.74 Å². The second-order valence-corrected chi connectivity index (χ2v) is 3.27. The Labute approximate surface area is 84.5 Å². The van der Waals surface area contributed by atoms with Crippen LogP contribution in [0.2, 0.25) is 0 Å². The molecule has 0 bridgehead atoms. The van der Waals surface area contributed by atoms with Crippen LogP contribution in [-0.2, 0) is 11.2 Å². The second-order valence-electron chi connectivity index (χ2n) is 3.27. The van der Waals surface area contributed by atoms with E-state index >= 15 is 0 Å². The van der Waals surface area contributed by atoms with Crippen LogP contribution >= 0.6 is 0 Å². The van der Waals surface area contributed by atoms with Gasteiger partial charge >= 0.3 is 0 Å². The number of nitrogens with zero attached hydrogens (tertiary/aromatic N) is 2. The maximum atomic E-state index is 5.98. The highest BCUT2D eigenvalue weighted by Crippen LogP contribution is 2.06. The summed E-state index contributed by atoms with van der Waals surface area (Å²) < 4.78 is 5.26. The van der Waals surface area contributed by atoms with E-state index in [-0.39, 0.29) is 12.1 Å². The Kier molecular flexibility index (Phi) is 4.49. The Hall–Kier alpha value is -1.00. The maximum Gasteiger partial charge on any atom is 0.0723 e. The number of rotatable bonds is 5. The summed E-state index contributed by atoms with van der Waals surface area (Å²) >= 11 is 0. The Bertz CT molecular complexity index is 249. The summed E-state index contributed by atoms with van der Waals surface area (Å²) in [6.07, 6.45) is 3.37. The number of ether oxygens (including phenoxy) is 1. The fourth-order valence-corrected chi connectivity index (χ4v) is 1.46. The Balaban J connectivity index is 2.52. The van der Waals surface area contributed by atoms with Gasteiger partial charge in [0.15, 0.2) is 0 Å². The molecular formula is C10H17N3O. The van der Waals surface area contributed by atoms with Gasteiger partial charge in [0.05, 0.1) is 11.8 Å². The van der Waals surface area contributed by atoms with Gasteiger partial charge < -0.3 is 10.5 Å². The third-order valence-corrected chi connectivity index (χ3v) is 2.26. The highest BCUT2D eigenvalue weighted by molar-refractivity contribution is 5.01. The van der Waals surface area contributed by atoms with Crippen molar-refractivity contribution in [2.24, 2.45) is 5.73 Å². The van der Waals surface area contributed by atoms with Gasteiger partial charge in [-0.15, -0.1) is 0 Å². The summed E-state index contributed by atoms with van der Waals surface area (Å²) in [5.74, 6) is 0. The Morgan fingerprint density at radius 3 is 2.86 bits per heavy atom. The quantitative estimate of drug-likeness (QED) is 0.754. The fraction of sp³-hybridized carbons (Fsp3) is 0.600. The van der Waals surface area contributed by atoms with Gasteiger partial charge in [0.2, 0.25) is 0 Å². The van der Waals surface area contributed by atoms with Crippen molar-refractivity contribution in [3.8, 4) is 0 Å². The third kappa shape index (κ3) is 3.05. The van der Waals surface area contributed by atoms with Crippen LogP contribution in [0.5, 0.6) is 0 Å². The second kappa shape index (κ2) is 5.67. The highest BCUT2D eigenvalue weighted by atomic mass is 16.5. The Morgan fingerprint density at radius 2 is 2.36 bits per heavy atom. The zero-order valence-corrected chi connectivity index (χ0v) is 8.68. The molecule has 0 spiro atoms. The molecule has 78 valence electrons. The van der Waals surface area contributed by atoms with Crippen LogP contribution in [-0.4, -0.2) is 29.5 Å². The van der Waals surface area contributed by atoms with Crippen molar-refractivity contribution in [2.75, 3.05) is 7.11 Å². The van der Waals surface area contributed by atoms with Gasteiger partial charge in [0, 0.05) is 25.8 Å². The zero-order valence-electron chi connectivity index (χ0n) is 8.68. The standard InChI is InChI=1S/C10H17N3O/c1-3-10(14-2)9(11)7-8-5-4-6-12-13-8/h4-6,9-10H,3,7,11H2,1-2H3/t9-,10-/m1/s1. The topological polar surface area (TPSA) is 61.0 Å². The molecule has 0 amide bonds. The molecule has 0 aliphatic carbocycles. The van der Waals surface area contributed by atoms with Gasteiger partial charge in [0.1, 0.15) is 0 Å². The first-order valence-electron chi connectivity index (χ1n) is 4.82. The first kappa shape index (κ1) is 11.1. The van der Waals surface area contributed by atoms with Crippen LogP contribution in [0.3, 0.4) is 0 Å². The lowest BCUT2D eigenvalue weighted by molar-refractivity contribution is 0.0770. The van der Waals surface area contributed by atoms with Gasteiger partial charge in [-0.25, -0.2) is 0 Å². The van der Waals surface area contributed by atoms with E-state index < -0.39 is 0 Å². The molecule has 0 aliphatic rings. The van der Waals surface area contributed by atoms with E-state index in [0.29, 0.717) is 6.42 Å². The van der Waals surface area contributed by atoms with Crippen LogP contribution < -0.4 is 5.73 Å². The molecule has 0 aliphatic heterocycles. The monoisotopic (exact) mass is 195 g/mol. The number of nitrogens with two attached hydrogens (primary N) is 1. The van der Waals surface area contributed by atoms with Gasteiger partial charge in [-0.2, -0.15) is 10.2 Å². The van der Waals surface area contributed by atoms with E-state index in [1.54, 1.807) is 13.3 Å². The first-order valence-corrected chi connectivity index (χ1v) is 4.82. The van der Waals surface area contributed by atoms with Crippen LogP contribution in [0.15, 0.2) is 18.3 Å². The smallest absolute Gasteiger partial charge is 0.0723 e. The number of aromatic nitrogens is 2. The number of hydrogen-bond donors (Lipinski definition) is 1. The summed E-state index contributed by atoms with van der Waals surface area (Å²) in [7, 11) is 1.69. The van der Waals surface area contributed by atoms with Crippen LogP contribution in [0.1, 0.15) is 19.0 Å². The number of methoxy groups -OCH3 is 1. The largest absolute Gasteiger partial charge is 0.380 e. The lowest BCUT2D eigenvalue weighted by Crippen LogP contribution is -2.37. The average molecular weight is 195 g/mol. The summed E-state index contributed by atoms with van der Waals surface area (Å²) in [5.41, 5.74) is 6.89. The molecule has 1 rings (SSSR count). The van der Waals surface area contributed by atoms with E-state index in [4.69, 9.17) is 10.5 Å². The minimum absolute atomic E-state index is 0.0123. The molecule has 0 unspecified atom stereocenters. The highest BCUT2D eigenvalue weighted by Gasteiger charge is 2.15. The van der Waals surface area contributed by atoms with Crippen LogP contribution in [0.4, 0.5) is 0 Å². The van der Waals surface area contributed by atoms with Crippen molar-refractivity contribution in [3.05, 3.63) is 24.0 Å². The predicted octanol–water partition coefficient (Wildman–Crippen LogP) is 0.771. The molecule has 4 nitrogen and oxygen atoms in total. The van der Waals surface area contributed by atoms with Crippen LogP contribution in [0, 0.1) is 0 Å². The summed E-state index contributed by atoms with van der Waals surface area (Å²) in [6.45, 7) is 2.06. The molecule has 1 heterocycles. The number of hydrogen-bond acceptors (Lipinski definition) is 4. The SMILES string of the molecule is CC[C@@H](OC)[C@H](N)Cc1cccnn1. The molecule has 0 saturated heterocycles. The predicted molar refractivity (Wildman–Crippen MR) is 54.8 cm³/mol. The minimum Gasteiger partial charge on any atom is -0.380 e. The molecule has 0 saturated carbocycles. The summed E-state index contributed by atoms with van der Waals surface area (Å²) in [5, 5.41) is 7.79. The molecule has 14 heavy (non-hydrogen) atoms.